The molecule has 0 saturated carbocycles. The van der Waals surface area contributed by atoms with Crippen LogP contribution in [0.15, 0.2) is 24.3 Å². The summed E-state index contributed by atoms with van der Waals surface area (Å²) in [4.78, 5) is 3.54. The SMILES string of the molecule is CCOO.CCc1ccccc1C(C)O. The van der Waals surface area contributed by atoms with E-state index >= 15 is 0 Å². The van der Waals surface area contributed by atoms with Crippen LogP contribution in [0.1, 0.15) is 38.0 Å². The third-order valence-electron chi connectivity index (χ3n) is 2.02. The van der Waals surface area contributed by atoms with Gasteiger partial charge in [0.25, 0.3) is 0 Å². The van der Waals surface area contributed by atoms with E-state index < -0.39 is 0 Å². The largest absolute Gasteiger partial charge is 0.389 e. The number of hydrogen-bond donors (Lipinski definition) is 2. The molecule has 0 amide bonds. The minimum absolute atomic E-state index is 0.342. The molecule has 1 rings (SSSR count). The highest BCUT2D eigenvalue weighted by molar-refractivity contribution is 5.28. The first kappa shape index (κ1) is 14.1. The smallest absolute Gasteiger partial charge is 0.0791 e. The van der Waals surface area contributed by atoms with E-state index in [1.165, 1.54) is 5.56 Å². The maximum atomic E-state index is 9.34. The molecule has 0 spiro atoms. The van der Waals surface area contributed by atoms with Crippen LogP contribution in [-0.2, 0) is 11.3 Å². The van der Waals surface area contributed by atoms with E-state index in [1.807, 2.05) is 18.2 Å². The zero-order chi connectivity index (χ0) is 11.7. The van der Waals surface area contributed by atoms with Crippen LogP contribution in [0.2, 0.25) is 0 Å². The Morgan fingerprint density at radius 1 is 1.27 bits per heavy atom. The molecule has 0 heterocycles. The van der Waals surface area contributed by atoms with Gasteiger partial charge in [0.15, 0.2) is 0 Å². The Morgan fingerprint density at radius 3 is 2.13 bits per heavy atom. The van der Waals surface area contributed by atoms with Gasteiger partial charge in [-0.15, -0.1) is 0 Å². The van der Waals surface area contributed by atoms with E-state index in [0.29, 0.717) is 6.61 Å². The Labute approximate surface area is 91.3 Å². The molecule has 1 aromatic rings. The van der Waals surface area contributed by atoms with Crippen LogP contribution in [0.25, 0.3) is 0 Å². The van der Waals surface area contributed by atoms with Gasteiger partial charge in [-0.3, -0.25) is 5.26 Å². The minimum Gasteiger partial charge on any atom is -0.389 e. The molecule has 0 saturated heterocycles. The zero-order valence-electron chi connectivity index (χ0n) is 9.60. The van der Waals surface area contributed by atoms with Gasteiger partial charge in [0, 0.05) is 0 Å². The van der Waals surface area contributed by atoms with Crippen LogP contribution in [0.3, 0.4) is 0 Å². The van der Waals surface area contributed by atoms with Crippen LogP contribution < -0.4 is 0 Å². The predicted molar refractivity (Wildman–Crippen MR) is 60.7 cm³/mol. The predicted octanol–water partition coefficient (Wildman–Crippen LogP) is 2.80. The molecule has 0 aliphatic heterocycles. The Morgan fingerprint density at radius 2 is 1.80 bits per heavy atom. The standard InChI is InChI=1S/C10H14O.C2H6O2/c1-3-9-6-4-5-7-10(9)8(2)11;1-2-4-3/h4-8,11H,3H2,1-2H3;3H,2H2,1H3. The number of aliphatic hydroxyl groups is 1. The van der Waals surface area contributed by atoms with E-state index in [0.717, 1.165) is 12.0 Å². The van der Waals surface area contributed by atoms with Crippen molar-refractivity contribution in [2.24, 2.45) is 0 Å². The van der Waals surface area contributed by atoms with E-state index in [9.17, 15) is 5.11 Å². The minimum atomic E-state index is -0.342. The normalized spacial score (nSPS) is 11.5. The van der Waals surface area contributed by atoms with Crippen molar-refractivity contribution < 1.29 is 15.3 Å². The van der Waals surface area contributed by atoms with Crippen LogP contribution in [0.4, 0.5) is 0 Å². The van der Waals surface area contributed by atoms with E-state index in [2.05, 4.69) is 17.9 Å². The average molecular weight is 212 g/mol. The summed E-state index contributed by atoms with van der Waals surface area (Å²) in [6, 6.07) is 8.00. The van der Waals surface area contributed by atoms with Crippen molar-refractivity contribution in [2.45, 2.75) is 33.3 Å². The summed E-state index contributed by atoms with van der Waals surface area (Å²) < 4.78 is 0. The first-order valence-electron chi connectivity index (χ1n) is 5.19. The Hall–Kier alpha value is -0.900. The lowest BCUT2D eigenvalue weighted by molar-refractivity contribution is -0.237. The molecular weight excluding hydrogens is 192 g/mol. The second kappa shape index (κ2) is 8.41. The molecule has 0 radical (unpaired) electrons. The monoisotopic (exact) mass is 212 g/mol. The average Bonchev–Trinajstić information content (AvgIpc) is 2.29. The molecule has 0 fully saturated rings. The Kier molecular flexibility index (Phi) is 7.91. The number of benzene rings is 1. The quantitative estimate of drug-likeness (QED) is 0.598. The third kappa shape index (κ3) is 5.52. The van der Waals surface area contributed by atoms with Gasteiger partial charge in [-0.25, -0.2) is 4.89 Å². The molecule has 1 unspecified atom stereocenters. The topological polar surface area (TPSA) is 49.7 Å². The van der Waals surface area contributed by atoms with Gasteiger partial charge in [0.05, 0.1) is 12.7 Å². The molecule has 1 aromatic carbocycles. The van der Waals surface area contributed by atoms with Crippen LogP contribution in [0, 0.1) is 0 Å². The first-order valence-corrected chi connectivity index (χ1v) is 5.19. The summed E-state index contributed by atoms with van der Waals surface area (Å²) in [5.74, 6) is 0. The van der Waals surface area contributed by atoms with E-state index in [1.54, 1.807) is 13.8 Å². The summed E-state index contributed by atoms with van der Waals surface area (Å²) in [6.07, 6.45) is 0.646. The van der Waals surface area contributed by atoms with Crippen LogP contribution in [-0.4, -0.2) is 17.0 Å². The van der Waals surface area contributed by atoms with Crippen molar-refractivity contribution in [3.8, 4) is 0 Å². The maximum Gasteiger partial charge on any atom is 0.0791 e. The molecule has 0 aliphatic carbocycles. The first-order chi connectivity index (χ1) is 7.17. The Bertz CT molecular complexity index is 257. The third-order valence-corrected chi connectivity index (χ3v) is 2.02. The molecule has 86 valence electrons. The highest BCUT2D eigenvalue weighted by atomic mass is 17.1. The summed E-state index contributed by atoms with van der Waals surface area (Å²) in [6.45, 7) is 5.98. The van der Waals surface area contributed by atoms with Gasteiger partial charge >= 0.3 is 0 Å². The maximum absolute atomic E-state index is 9.34. The molecule has 3 nitrogen and oxygen atoms in total. The van der Waals surface area contributed by atoms with Crippen molar-refractivity contribution in [1.82, 2.24) is 0 Å². The molecule has 0 bridgehead atoms. The molecular formula is C12H20O3. The number of aryl methyl sites for hydroxylation is 1. The van der Waals surface area contributed by atoms with Gasteiger partial charge < -0.3 is 5.11 Å². The van der Waals surface area contributed by atoms with Gasteiger partial charge in [0.1, 0.15) is 0 Å². The zero-order valence-corrected chi connectivity index (χ0v) is 9.60. The second-order valence-electron chi connectivity index (χ2n) is 3.15. The molecule has 15 heavy (non-hydrogen) atoms. The van der Waals surface area contributed by atoms with Crippen molar-refractivity contribution in [3.05, 3.63) is 35.4 Å². The lowest BCUT2D eigenvalue weighted by Crippen LogP contribution is -1.96. The van der Waals surface area contributed by atoms with Crippen molar-refractivity contribution in [1.29, 1.82) is 0 Å². The molecule has 1 atom stereocenters. The fourth-order valence-corrected chi connectivity index (χ4v) is 1.26. The Balaban J connectivity index is 0.000000423. The molecule has 0 aliphatic rings. The molecule has 0 aromatic heterocycles. The van der Waals surface area contributed by atoms with Crippen LogP contribution in [0.5, 0.6) is 0 Å². The summed E-state index contributed by atoms with van der Waals surface area (Å²) in [7, 11) is 0. The van der Waals surface area contributed by atoms with Crippen molar-refractivity contribution in [3.63, 3.8) is 0 Å². The number of rotatable bonds is 3. The highest BCUT2D eigenvalue weighted by Gasteiger charge is 2.03. The fourth-order valence-electron chi connectivity index (χ4n) is 1.26. The molecule has 3 heteroatoms. The van der Waals surface area contributed by atoms with Crippen molar-refractivity contribution in [2.75, 3.05) is 6.61 Å². The van der Waals surface area contributed by atoms with Crippen LogP contribution >= 0.6 is 0 Å². The van der Waals surface area contributed by atoms with Gasteiger partial charge in [0.2, 0.25) is 0 Å². The van der Waals surface area contributed by atoms with E-state index in [4.69, 9.17) is 5.26 Å². The summed E-state index contributed by atoms with van der Waals surface area (Å²) in [5, 5.41) is 16.7. The second-order valence-corrected chi connectivity index (χ2v) is 3.15. The lowest BCUT2D eigenvalue weighted by Gasteiger charge is -2.09. The lowest BCUT2D eigenvalue weighted by atomic mass is 10.0. The summed E-state index contributed by atoms with van der Waals surface area (Å²) >= 11 is 0. The highest BCUT2D eigenvalue weighted by Crippen LogP contribution is 2.17. The van der Waals surface area contributed by atoms with E-state index in [-0.39, 0.29) is 6.10 Å². The van der Waals surface area contributed by atoms with Gasteiger partial charge in [-0.1, -0.05) is 31.2 Å². The fraction of sp³-hybridized carbons (Fsp3) is 0.500. The molecule has 2 N–H and O–H groups in total. The summed E-state index contributed by atoms with van der Waals surface area (Å²) in [5.41, 5.74) is 2.29. The van der Waals surface area contributed by atoms with Crippen molar-refractivity contribution >= 4 is 0 Å². The van der Waals surface area contributed by atoms with Gasteiger partial charge in [-0.05, 0) is 31.4 Å². The van der Waals surface area contributed by atoms with Gasteiger partial charge in [-0.2, -0.15) is 0 Å². The number of hydrogen-bond acceptors (Lipinski definition) is 3. The number of aliphatic hydroxyl groups excluding tert-OH is 1.